The van der Waals surface area contributed by atoms with Gasteiger partial charge in [-0.25, -0.2) is 18.4 Å². The lowest BCUT2D eigenvalue weighted by molar-refractivity contribution is -0.119. The minimum atomic E-state index is -1.12. The molecule has 2 aliphatic heterocycles. The van der Waals surface area contributed by atoms with Crippen LogP contribution in [0.15, 0.2) is 48.7 Å². The summed E-state index contributed by atoms with van der Waals surface area (Å²) in [6, 6.07) is 10.4. The van der Waals surface area contributed by atoms with E-state index in [1.807, 2.05) is 19.1 Å². The summed E-state index contributed by atoms with van der Waals surface area (Å²) in [5.41, 5.74) is 2.39. The van der Waals surface area contributed by atoms with Gasteiger partial charge in [0.25, 0.3) is 0 Å². The normalized spacial score (nSPS) is 20.2. The van der Waals surface area contributed by atoms with Crippen molar-refractivity contribution in [1.82, 2.24) is 9.88 Å². The fraction of sp³-hybridized carbons (Fsp3) is 0.375. The first kappa shape index (κ1) is 32.1. The Kier molecular flexibility index (Phi) is 10.1. The zero-order chi connectivity index (χ0) is 32.1. The van der Waals surface area contributed by atoms with Gasteiger partial charge in [-0.3, -0.25) is 15.1 Å². The Labute approximate surface area is 264 Å². The smallest absolute Gasteiger partial charge is 0.411 e. The van der Waals surface area contributed by atoms with Gasteiger partial charge in [0.05, 0.1) is 34.6 Å². The van der Waals surface area contributed by atoms with E-state index in [0.717, 1.165) is 17.7 Å². The van der Waals surface area contributed by atoms with E-state index in [-0.39, 0.29) is 48.6 Å². The highest BCUT2D eigenvalue weighted by molar-refractivity contribution is 6.30. The Balaban J connectivity index is 1.44. The minimum Gasteiger partial charge on any atom is -0.447 e. The van der Waals surface area contributed by atoms with Crippen LogP contribution in [-0.4, -0.2) is 54.8 Å². The third-order valence-electron chi connectivity index (χ3n) is 7.94. The number of halogens is 3. The maximum atomic E-state index is 14.7. The van der Waals surface area contributed by atoms with E-state index < -0.39 is 36.0 Å². The van der Waals surface area contributed by atoms with Crippen LogP contribution < -0.4 is 10.6 Å². The number of ether oxygens (including phenoxy) is 3. The molecule has 2 aromatic carbocycles. The van der Waals surface area contributed by atoms with Gasteiger partial charge in [-0.2, -0.15) is 0 Å². The van der Waals surface area contributed by atoms with Gasteiger partial charge in [-0.1, -0.05) is 24.9 Å². The highest BCUT2D eigenvalue weighted by atomic mass is 35.5. The van der Waals surface area contributed by atoms with E-state index in [1.165, 1.54) is 7.11 Å². The molecule has 10 nitrogen and oxygen atoms in total. The highest BCUT2D eigenvalue weighted by Crippen LogP contribution is 2.39. The van der Waals surface area contributed by atoms with Gasteiger partial charge in [0.1, 0.15) is 18.5 Å². The third-order valence-corrected chi connectivity index (χ3v) is 8.23. The summed E-state index contributed by atoms with van der Waals surface area (Å²) >= 11 is 5.87. The fourth-order valence-corrected chi connectivity index (χ4v) is 5.71. The van der Waals surface area contributed by atoms with Crippen LogP contribution >= 0.6 is 11.6 Å². The van der Waals surface area contributed by atoms with Crippen molar-refractivity contribution < 1.29 is 37.4 Å². The molecule has 2 N–H and O–H groups in total. The molecule has 3 unspecified atom stereocenters. The fourth-order valence-electron chi connectivity index (χ4n) is 5.55. The van der Waals surface area contributed by atoms with Crippen molar-refractivity contribution in [3.8, 4) is 11.3 Å². The highest BCUT2D eigenvalue weighted by Gasteiger charge is 2.36. The van der Waals surface area contributed by atoms with Crippen molar-refractivity contribution in [3.63, 3.8) is 0 Å². The van der Waals surface area contributed by atoms with Crippen molar-refractivity contribution in [1.29, 1.82) is 0 Å². The number of methoxy groups -OCH3 is 1. The van der Waals surface area contributed by atoms with Gasteiger partial charge >= 0.3 is 12.2 Å². The second-order valence-electron chi connectivity index (χ2n) is 10.9. The summed E-state index contributed by atoms with van der Waals surface area (Å²) < 4.78 is 44.8. The summed E-state index contributed by atoms with van der Waals surface area (Å²) in [7, 11) is 1.50. The molecule has 2 bridgehead atoms. The van der Waals surface area contributed by atoms with Gasteiger partial charge in [0.15, 0.2) is 5.82 Å². The van der Waals surface area contributed by atoms with Crippen molar-refractivity contribution in [2.24, 2.45) is 5.92 Å². The molecule has 2 aliphatic rings. The van der Waals surface area contributed by atoms with Crippen LogP contribution in [0.2, 0.25) is 5.02 Å². The average Bonchev–Trinajstić information content (AvgIpc) is 3.01. The number of carbonyl (C=O) groups is 3. The van der Waals surface area contributed by atoms with Crippen molar-refractivity contribution in [2.45, 2.75) is 44.8 Å². The molecule has 1 aromatic heterocycles. The lowest BCUT2D eigenvalue weighted by Crippen LogP contribution is -2.42. The maximum Gasteiger partial charge on any atom is 0.411 e. The summed E-state index contributed by atoms with van der Waals surface area (Å²) in [6.07, 6.45) is 0.918. The topological polar surface area (TPSA) is 119 Å². The van der Waals surface area contributed by atoms with Crippen molar-refractivity contribution >= 4 is 41.1 Å². The molecule has 3 amide bonds. The molecule has 5 rings (SSSR count). The molecule has 0 radical (unpaired) electrons. The number of hydrogen-bond acceptors (Lipinski definition) is 7. The van der Waals surface area contributed by atoms with E-state index in [0.29, 0.717) is 41.9 Å². The molecule has 1 saturated heterocycles. The van der Waals surface area contributed by atoms with Gasteiger partial charge in [0, 0.05) is 43.4 Å². The molecular weight excluding hydrogens is 610 g/mol. The van der Waals surface area contributed by atoms with Crippen LogP contribution in [0, 0.1) is 17.6 Å². The molecule has 238 valence electrons. The number of carbonyl (C=O) groups excluding carboxylic acids is 3. The number of cyclic esters (lactones) is 1. The number of pyridine rings is 1. The predicted octanol–water partition coefficient (Wildman–Crippen LogP) is 7.26. The predicted molar refractivity (Wildman–Crippen MR) is 163 cm³/mol. The molecular formula is C32H33ClF2N4O6. The first-order valence-electron chi connectivity index (χ1n) is 14.6. The van der Waals surface area contributed by atoms with E-state index in [1.54, 1.807) is 29.3 Å². The first-order valence-corrected chi connectivity index (χ1v) is 15.0. The molecule has 45 heavy (non-hydrogen) atoms. The third kappa shape index (κ3) is 7.34. The first-order chi connectivity index (χ1) is 21.7. The summed E-state index contributed by atoms with van der Waals surface area (Å²) in [6.45, 7) is 2.33. The van der Waals surface area contributed by atoms with Crippen molar-refractivity contribution in [2.75, 3.05) is 37.5 Å². The largest absolute Gasteiger partial charge is 0.447 e. The summed E-state index contributed by atoms with van der Waals surface area (Å²) in [4.78, 5) is 44.9. The van der Waals surface area contributed by atoms with E-state index in [4.69, 9.17) is 25.8 Å². The molecule has 0 aliphatic carbocycles. The molecule has 3 aromatic rings. The zero-order valence-electron chi connectivity index (χ0n) is 24.8. The van der Waals surface area contributed by atoms with Crippen LogP contribution in [0.5, 0.6) is 0 Å². The quantitative estimate of drug-likeness (QED) is 0.215. The second kappa shape index (κ2) is 14.2. The standard InChI is InChI=1S/C32H33ClF2N4O6/c1-18-4-3-5-26(39-13-11-27(45-32(39)42)28-23(34)9-8-22(33)29(28)35)19-10-12-36-24(16-19)21-7-6-20(17-25(21)38-30(18)40)37-31(41)44-15-14-43-2/h6-10,12,16-18,26-27H,3-5,11,13-15H2,1-2H3,(H,37,41)(H,38,40). The number of aromatic nitrogens is 1. The van der Waals surface area contributed by atoms with Crippen molar-refractivity contribution in [3.05, 3.63) is 76.4 Å². The van der Waals surface area contributed by atoms with Crippen LogP contribution in [0.3, 0.4) is 0 Å². The maximum absolute atomic E-state index is 14.7. The number of rotatable bonds is 6. The van der Waals surface area contributed by atoms with Gasteiger partial charge < -0.3 is 24.4 Å². The number of nitrogens with zero attached hydrogens (tertiary/aromatic N) is 2. The van der Waals surface area contributed by atoms with E-state index in [9.17, 15) is 23.2 Å². The lowest BCUT2D eigenvalue weighted by Gasteiger charge is -2.38. The van der Waals surface area contributed by atoms with Crippen LogP contribution in [0.25, 0.3) is 11.3 Å². The van der Waals surface area contributed by atoms with Crippen LogP contribution in [0.1, 0.15) is 55.9 Å². The number of amides is 3. The lowest BCUT2D eigenvalue weighted by atomic mass is 9.93. The summed E-state index contributed by atoms with van der Waals surface area (Å²) in [5.74, 6) is -2.36. The van der Waals surface area contributed by atoms with Gasteiger partial charge in [-0.15, -0.1) is 0 Å². The number of benzene rings is 2. The monoisotopic (exact) mass is 642 g/mol. The SMILES string of the molecule is COCCOC(=O)Nc1ccc2c(c1)NC(=O)C(C)CCCC(N1CCC(c3c(F)ccc(Cl)c3F)OC1=O)c1ccnc-2c1. The van der Waals surface area contributed by atoms with Crippen LogP contribution in [-0.2, 0) is 19.0 Å². The number of nitrogens with one attached hydrogen (secondary N) is 2. The summed E-state index contributed by atoms with van der Waals surface area (Å²) in [5, 5.41) is 5.37. The van der Waals surface area contributed by atoms with E-state index >= 15 is 0 Å². The number of fused-ring (bicyclic) bond motifs is 4. The Morgan fingerprint density at radius 1 is 1.13 bits per heavy atom. The molecule has 0 spiro atoms. The molecule has 3 heterocycles. The Morgan fingerprint density at radius 2 is 1.96 bits per heavy atom. The Morgan fingerprint density at radius 3 is 2.73 bits per heavy atom. The van der Waals surface area contributed by atoms with Crippen LogP contribution in [0.4, 0.5) is 29.7 Å². The molecule has 1 fully saturated rings. The average molecular weight is 643 g/mol. The zero-order valence-corrected chi connectivity index (χ0v) is 25.5. The second-order valence-corrected chi connectivity index (χ2v) is 11.3. The number of anilines is 2. The molecule has 13 heteroatoms. The number of hydrogen-bond donors (Lipinski definition) is 2. The van der Waals surface area contributed by atoms with Gasteiger partial charge in [-0.05, 0) is 60.9 Å². The van der Waals surface area contributed by atoms with Gasteiger partial charge in [0.2, 0.25) is 5.91 Å². The molecule has 3 atom stereocenters. The minimum absolute atomic E-state index is 0.0823. The Hall–Kier alpha value is -4.29. The Bertz CT molecular complexity index is 1590. The molecule has 0 saturated carbocycles. The van der Waals surface area contributed by atoms with E-state index in [2.05, 4.69) is 15.6 Å².